The standard InChI is InChI=1S/C16H20N4O/c1-19(2)16(21)13-6-7-15(14(17)9-13)20(3)11-12-5-4-8-18-10-12/h4-10H,11,17H2,1-3H3. The van der Waals surface area contributed by atoms with Crippen molar-refractivity contribution < 1.29 is 4.79 Å². The fourth-order valence-electron chi connectivity index (χ4n) is 2.14. The van der Waals surface area contributed by atoms with E-state index in [9.17, 15) is 4.79 Å². The summed E-state index contributed by atoms with van der Waals surface area (Å²) in [6.07, 6.45) is 3.58. The molecule has 5 nitrogen and oxygen atoms in total. The Morgan fingerprint density at radius 2 is 2.00 bits per heavy atom. The minimum absolute atomic E-state index is 0.0526. The number of nitrogens with two attached hydrogens (primary N) is 1. The molecule has 0 fully saturated rings. The minimum Gasteiger partial charge on any atom is -0.397 e. The van der Waals surface area contributed by atoms with Crippen LogP contribution in [0.2, 0.25) is 0 Å². The molecule has 0 aliphatic heterocycles. The highest BCUT2D eigenvalue weighted by molar-refractivity contribution is 5.95. The van der Waals surface area contributed by atoms with Crippen LogP contribution in [0.5, 0.6) is 0 Å². The van der Waals surface area contributed by atoms with Crippen LogP contribution in [-0.2, 0) is 6.54 Å². The third-order valence-electron chi connectivity index (χ3n) is 3.23. The molecule has 2 N–H and O–H groups in total. The van der Waals surface area contributed by atoms with E-state index in [1.807, 2.05) is 36.3 Å². The van der Waals surface area contributed by atoms with Crippen molar-refractivity contribution in [3.05, 3.63) is 53.9 Å². The second-order valence-corrected chi connectivity index (χ2v) is 5.19. The Morgan fingerprint density at radius 1 is 1.24 bits per heavy atom. The number of aromatic nitrogens is 1. The lowest BCUT2D eigenvalue weighted by Crippen LogP contribution is -2.22. The maximum absolute atomic E-state index is 11.9. The van der Waals surface area contributed by atoms with Crippen molar-refractivity contribution in [2.75, 3.05) is 31.8 Å². The number of rotatable bonds is 4. The van der Waals surface area contributed by atoms with Gasteiger partial charge in [0.2, 0.25) is 0 Å². The summed E-state index contributed by atoms with van der Waals surface area (Å²) in [7, 11) is 5.41. The van der Waals surface area contributed by atoms with Gasteiger partial charge in [0.25, 0.3) is 5.91 Å². The van der Waals surface area contributed by atoms with Crippen LogP contribution in [-0.4, -0.2) is 36.9 Å². The zero-order valence-electron chi connectivity index (χ0n) is 12.6. The number of anilines is 2. The van der Waals surface area contributed by atoms with Crippen molar-refractivity contribution in [3.8, 4) is 0 Å². The first-order chi connectivity index (χ1) is 9.99. The Labute approximate surface area is 125 Å². The molecule has 2 aromatic rings. The topological polar surface area (TPSA) is 62.5 Å². The van der Waals surface area contributed by atoms with Gasteiger partial charge in [0, 0.05) is 45.6 Å². The van der Waals surface area contributed by atoms with Gasteiger partial charge in [0.15, 0.2) is 0 Å². The molecule has 5 heteroatoms. The molecule has 0 unspecified atom stereocenters. The zero-order chi connectivity index (χ0) is 15.4. The largest absolute Gasteiger partial charge is 0.397 e. The van der Waals surface area contributed by atoms with Crippen LogP contribution >= 0.6 is 0 Å². The van der Waals surface area contributed by atoms with E-state index in [0.29, 0.717) is 17.8 Å². The van der Waals surface area contributed by atoms with Gasteiger partial charge >= 0.3 is 0 Å². The lowest BCUT2D eigenvalue weighted by Gasteiger charge is -2.22. The number of benzene rings is 1. The first-order valence-corrected chi connectivity index (χ1v) is 6.70. The van der Waals surface area contributed by atoms with Crippen LogP contribution in [0.25, 0.3) is 0 Å². The van der Waals surface area contributed by atoms with E-state index in [2.05, 4.69) is 4.98 Å². The molecule has 0 atom stereocenters. The van der Waals surface area contributed by atoms with E-state index in [4.69, 9.17) is 5.73 Å². The lowest BCUT2D eigenvalue weighted by atomic mass is 10.1. The maximum atomic E-state index is 11.9. The van der Waals surface area contributed by atoms with Gasteiger partial charge in [-0.15, -0.1) is 0 Å². The van der Waals surface area contributed by atoms with Crippen molar-refractivity contribution in [3.63, 3.8) is 0 Å². The van der Waals surface area contributed by atoms with Gasteiger partial charge in [-0.05, 0) is 29.8 Å². The molecule has 1 heterocycles. The molecule has 1 aromatic carbocycles. The maximum Gasteiger partial charge on any atom is 0.253 e. The van der Waals surface area contributed by atoms with Crippen molar-refractivity contribution in [1.29, 1.82) is 0 Å². The van der Waals surface area contributed by atoms with E-state index in [1.165, 1.54) is 4.90 Å². The van der Waals surface area contributed by atoms with E-state index in [0.717, 1.165) is 11.3 Å². The molecule has 0 radical (unpaired) electrons. The van der Waals surface area contributed by atoms with Crippen molar-refractivity contribution >= 4 is 17.3 Å². The monoisotopic (exact) mass is 284 g/mol. The quantitative estimate of drug-likeness (QED) is 0.872. The van der Waals surface area contributed by atoms with Gasteiger partial charge < -0.3 is 15.5 Å². The first kappa shape index (κ1) is 14.8. The van der Waals surface area contributed by atoms with Crippen molar-refractivity contribution in [2.45, 2.75) is 6.54 Å². The third kappa shape index (κ3) is 3.51. The Morgan fingerprint density at radius 3 is 2.57 bits per heavy atom. The molecule has 21 heavy (non-hydrogen) atoms. The summed E-state index contributed by atoms with van der Waals surface area (Å²) >= 11 is 0. The number of hydrogen-bond acceptors (Lipinski definition) is 4. The SMILES string of the molecule is CN(C)C(=O)c1ccc(N(C)Cc2cccnc2)c(N)c1. The molecule has 2 rings (SSSR count). The molecule has 1 aromatic heterocycles. The summed E-state index contributed by atoms with van der Waals surface area (Å²) in [5.74, 6) is -0.0526. The number of nitrogen functional groups attached to an aromatic ring is 1. The van der Waals surface area contributed by atoms with E-state index in [1.54, 1.807) is 32.4 Å². The highest BCUT2D eigenvalue weighted by Crippen LogP contribution is 2.25. The molecule has 110 valence electrons. The Hall–Kier alpha value is -2.56. The Bertz CT molecular complexity index is 625. The summed E-state index contributed by atoms with van der Waals surface area (Å²) in [4.78, 5) is 19.6. The van der Waals surface area contributed by atoms with Gasteiger partial charge in [-0.1, -0.05) is 6.07 Å². The molecular weight excluding hydrogens is 264 g/mol. The highest BCUT2D eigenvalue weighted by Gasteiger charge is 2.12. The number of pyridine rings is 1. The number of amides is 1. The second kappa shape index (κ2) is 6.26. The molecule has 0 aliphatic rings. The smallest absolute Gasteiger partial charge is 0.253 e. The predicted octanol–water partition coefficient (Wildman–Crippen LogP) is 2.00. The summed E-state index contributed by atoms with van der Waals surface area (Å²) in [6, 6.07) is 9.32. The van der Waals surface area contributed by atoms with Gasteiger partial charge in [-0.3, -0.25) is 9.78 Å². The van der Waals surface area contributed by atoms with Gasteiger partial charge in [0.1, 0.15) is 0 Å². The fourth-order valence-corrected chi connectivity index (χ4v) is 2.14. The highest BCUT2D eigenvalue weighted by atomic mass is 16.2. The van der Waals surface area contributed by atoms with Gasteiger partial charge in [-0.2, -0.15) is 0 Å². The lowest BCUT2D eigenvalue weighted by molar-refractivity contribution is 0.0827. The summed E-state index contributed by atoms with van der Waals surface area (Å²) in [6.45, 7) is 0.707. The number of nitrogens with zero attached hydrogens (tertiary/aromatic N) is 3. The van der Waals surface area contributed by atoms with Crippen LogP contribution in [0.15, 0.2) is 42.7 Å². The molecule has 0 saturated carbocycles. The van der Waals surface area contributed by atoms with Crippen LogP contribution < -0.4 is 10.6 Å². The van der Waals surface area contributed by atoms with E-state index >= 15 is 0 Å². The van der Waals surface area contributed by atoms with Crippen LogP contribution in [0.4, 0.5) is 11.4 Å². The number of carbonyl (C=O) groups excluding carboxylic acids is 1. The zero-order valence-corrected chi connectivity index (χ0v) is 12.6. The number of hydrogen-bond donors (Lipinski definition) is 1. The molecule has 0 spiro atoms. The first-order valence-electron chi connectivity index (χ1n) is 6.70. The van der Waals surface area contributed by atoms with E-state index in [-0.39, 0.29) is 5.91 Å². The Balaban J connectivity index is 2.19. The van der Waals surface area contributed by atoms with Crippen molar-refractivity contribution in [2.24, 2.45) is 0 Å². The predicted molar refractivity (Wildman–Crippen MR) is 85.2 cm³/mol. The molecule has 0 bridgehead atoms. The number of carbonyl (C=O) groups is 1. The van der Waals surface area contributed by atoms with Gasteiger partial charge in [-0.25, -0.2) is 0 Å². The molecular formula is C16H20N4O. The minimum atomic E-state index is -0.0526. The van der Waals surface area contributed by atoms with Crippen molar-refractivity contribution in [1.82, 2.24) is 9.88 Å². The summed E-state index contributed by atoms with van der Waals surface area (Å²) < 4.78 is 0. The molecule has 0 saturated heterocycles. The van der Waals surface area contributed by atoms with Gasteiger partial charge in [0.05, 0.1) is 11.4 Å². The van der Waals surface area contributed by atoms with E-state index < -0.39 is 0 Å². The molecule has 1 amide bonds. The normalized spacial score (nSPS) is 10.2. The molecule has 0 aliphatic carbocycles. The van der Waals surface area contributed by atoms with Crippen LogP contribution in [0.1, 0.15) is 15.9 Å². The van der Waals surface area contributed by atoms with Crippen LogP contribution in [0.3, 0.4) is 0 Å². The average Bonchev–Trinajstić information content (AvgIpc) is 2.47. The second-order valence-electron chi connectivity index (χ2n) is 5.19. The summed E-state index contributed by atoms with van der Waals surface area (Å²) in [5, 5.41) is 0. The fraction of sp³-hybridized carbons (Fsp3) is 0.250. The Kier molecular flexibility index (Phi) is 4.42. The average molecular weight is 284 g/mol. The third-order valence-corrected chi connectivity index (χ3v) is 3.23. The summed E-state index contributed by atoms with van der Waals surface area (Å²) in [5.41, 5.74) is 9.27. The van der Waals surface area contributed by atoms with Crippen LogP contribution in [0, 0.1) is 0 Å².